The Balaban J connectivity index is 1.37. The van der Waals surface area contributed by atoms with Crippen LogP contribution in [0.1, 0.15) is 23.5 Å². The minimum Gasteiger partial charge on any atom is -0.375 e. The average molecular weight is 582 g/mol. The molecule has 6 atom stereocenters. The fraction of sp³-hybridized carbons (Fsp3) is 0.286. The van der Waals surface area contributed by atoms with Gasteiger partial charge in [-0.1, -0.05) is 47.3 Å². The smallest absolute Gasteiger partial charge is 0.194 e. The van der Waals surface area contributed by atoms with Crippen molar-refractivity contribution >= 4 is 11.8 Å². The Morgan fingerprint density at radius 3 is 2.59 bits per heavy atom. The number of ether oxygens (including phenoxy) is 4. The van der Waals surface area contributed by atoms with Gasteiger partial charge in [-0.2, -0.15) is 5.26 Å². The number of halogens is 3. The Labute approximate surface area is 236 Å². The summed E-state index contributed by atoms with van der Waals surface area (Å²) in [6, 6.07) is 14.3. The first-order chi connectivity index (χ1) is 19.9. The van der Waals surface area contributed by atoms with E-state index in [0.29, 0.717) is 10.5 Å². The molecule has 2 aliphatic rings. The summed E-state index contributed by atoms with van der Waals surface area (Å²) >= 11 is 1.31. The fourth-order valence-electron chi connectivity index (χ4n) is 4.93. The number of nitriles is 1. The van der Waals surface area contributed by atoms with Crippen molar-refractivity contribution in [2.45, 2.75) is 41.0 Å². The highest BCUT2D eigenvalue weighted by atomic mass is 32.2. The maximum Gasteiger partial charge on any atom is 0.194 e. The lowest BCUT2D eigenvalue weighted by atomic mass is 9.95. The Morgan fingerprint density at radius 2 is 1.85 bits per heavy atom. The molecule has 210 valence electrons. The van der Waals surface area contributed by atoms with Crippen LogP contribution in [0.5, 0.6) is 0 Å². The lowest BCUT2D eigenvalue weighted by Gasteiger charge is -2.48. The van der Waals surface area contributed by atoms with E-state index in [4.69, 9.17) is 18.9 Å². The van der Waals surface area contributed by atoms with Gasteiger partial charge in [-0.3, -0.25) is 4.98 Å². The van der Waals surface area contributed by atoms with Gasteiger partial charge < -0.3 is 18.9 Å². The fourth-order valence-corrected chi connectivity index (χ4v) is 6.12. The van der Waals surface area contributed by atoms with Crippen LogP contribution in [0, 0.1) is 28.8 Å². The molecule has 0 saturated carbocycles. The van der Waals surface area contributed by atoms with Gasteiger partial charge in [0.25, 0.3) is 0 Å². The lowest BCUT2D eigenvalue weighted by Crippen LogP contribution is -2.59. The third-order valence-electron chi connectivity index (χ3n) is 6.84. The minimum atomic E-state index is -1.56. The monoisotopic (exact) mass is 581 g/mol. The lowest BCUT2D eigenvalue weighted by molar-refractivity contribution is -0.308. The summed E-state index contributed by atoms with van der Waals surface area (Å²) < 4.78 is 67.8. The molecule has 4 aromatic rings. The standard InChI is InChI=1S/C28H22F3N5O4S/c1-37-26-24(36-13-21(34-35-36)17-8-19(29)23(31)20(30)9-17)25-22(14-38-27(40-25)16-5-3-2-4-6-16)39-28(26)41-18-7-15(10-32)11-33-12-18/h2-9,11-13,22,24-28H,14H2,1H3/t22?,24?,25-,26-,27?,28+/m0/s1. The van der Waals surface area contributed by atoms with E-state index in [1.165, 1.54) is 35.9 Å². The van der Waals surface area contributed by atoms with E-state index in [9.17, 15) is 18.4 Å². The van der Waals surface area contributed by atoms with Crippen LogP contribution in [-0.4, -0.2) is 57.4 Å². The zero-order valence-corrected chi connectivity index (χ0v) is 22.2. The molecule has 2 saturated heterocycles. The molecular weight excluding hydrogens is 559 g/mol. The third-order valence-corrected chi connectivity index (χ3v) is 7.95. The quantitative estimate of drug-likeness (QED) is 0.297. The molecule has 0 N–H and O–H groups in total. The van der Waals surface area contributed by atoms with E-state index in [1.54, 1.807) is 12.3 Å². The third kappa shape index (κ3) is 5.44. The van der Waals surface area contributed by atoms with E-state index in [-0.39, 0.29) is 17.9 Å². The number of aromatic nitrogens is 4. The van der Waals surface area contributed by atoms with Crippen LogP contribution in [0.15, 0.2) is 72.0 Å². The Kier molecular flexibility index (Phi) is 7.74. The average Bonchev–Trinajstić information content (AvgIpc) is 3.49. The summed E-state index contributed by atoms with van der Waals surface area (Å²) in [5.74, 6) is -4.23. The first kappa shape index (κ1) is 27.4. The molecule has 2 aliphatic heterocycles. The van der Waals surface area contributed by atoms with Gasteiger partial charge in [0.2, 0.25) is 0 Å². The maximum absolute atomic E-state index is 14.0. The number of methoxy groups -OCH3 is 1. The molecule has 0 radical (unpaired) electrons. The number of benzene rings is 2. The molecule has 13 heteroatoms. The van der Waals surface area contributed by atoms with E-state index < -0.39 is 53.5 Å². The molecule has 2 aromatic heterocycles. The number of fused-ring (bicyclic) bond motifs is 1. The highest BCUT2D eigenvalue weighted by molar-refractivity contribution is 7.99. The van der Waals surface area contributed by atoms with Crippen LogP contribution in [0.2, 0.25) is 0 Å². The van der Waals surface area contributed by atoms with Crippen molar-refractivity contribution in [3.05, 3.63) is 95.7 Å². The van der Waals surface area contributed by atoms with E-state index >= 15 is 0 Å². The summed E-state index contributed by atoms with van der Waals surface area (Å²) in [5.41, 5.74) is 0.735. The zero-order valence-electron chi connectivity index (χ0n) is 21.4. The first-order valence-electron chi connectivity index (χ1n) is 12.5. The van der Waals surface area contributed by atoms with Crippen molar-refractivity contribution < 1.29 is 32.1 Å². The van der Waals surface area contributed by atoms with Crippen molar-refractivity contribution in [1.82, 2.24) is 20.0 Å². The highest BCUT2D eigenvalue weighted by Crippen LogP contribution is 2.44. The van der Waals surface area contributed by atoms with Gasteiger partial charge in [0, 0.05) is 35.5 Å². The number of nitrogens with zero attached hydrogens (tertiary/aromatic N) is 5. The SMILES string of the molecule is CO[C@H]1C(n2cc(-c3cc(F)c(F)c(F)c3)nn2)[C@H]2OC(c3ccccc3)OCC2O[C@@H]1Sc1cncc(C#N)c1. The molecule has 0 spiro atoms. The van der Waals surface area contributed by atoms with Gasteiger partial charge in [-0.25, -0.2) is 17.9 Å². The number of pyridine rings is 1. The second kappa shape index (κ2) is 11.6. The molecule has 6 rings (SSSR count). The number of hydrogen-bond donors (Lipinski definition) is 0. The largest absolute Gasteiger partial charge is 0.375 e. The van der Waals surface area contributed by atoms with Crippen LogP contribution < -0.4 is 0 Å². The predicted molar refractivity (Wildman–Crippen MR) is 139 cm³/mol. The normalized spacial score (nSPS) is 25.8. The van der Waals surface area contributed by atoms with Crippen LogP contribution >= 0.6 is 11.8 Å². The predicted octanol–water partition coefficient (Wildman–Crippen LogP) is 4.82. The second-order valence-corrected chi connectivity index (χ2v) is 10.6. The number of thioether (sulfide) groups is 1. The second-order valence-electron chi connectivity index (χ2n) is 9.39. The Hall–Kier alpha value is -3.80. The van der Waals surface area contributed by atoms with Gasteiger partial charge in [0.15, 0.2) is 23.7 Å². The van der Waals surface area contributed by atoms with Crippen LogP contribution in [0.4, 0.5) is 13.2 Å². The molecule has 2 fully saturated rings. The molecule has 2 aromatic carbocycles. The molecular formula is C28H22F3N5O4S. The van der Waals surface area contributed by atoms with Crippen molar-refractivity contribution in [1.29, 1.82) is 5.26 Å². The molecule has 3 unspecified atom stereocenters. The van der Waals surface area contributed by atoms with Crippen molar-refractivity contribution in [2.24, 2.45) is 0 Å². The summed E-state index contributed by atoms with van der Waals surface area (Å²) in [6.45, 7) is 0.195. The molecule has 0 amide bonds. The summed E-state index contributed by atoms with van der Waals surface area (Å²) in [6.07, 6.45) is 2.04. The number of hydrogen-bond acceptors (Lipinski definition) is 9. The topological polar surface area (TPSA) is 104 Å². The first-order valence-corrected chi connectivity index (χ1v) is 13.4. The highest BCUT2D eigenvalue weighted by Gasteiger charge is 2.52. The van der Waals surface area contributed by atoms with Crippen molar-refractivity contribution in [2.75, 3.05) is 13.7 Å². The number of rotatable bonds is 6. The zero-order chi connectivity index (χ0) is 28.5. The van der Waals surface area contributed by atoms with Gasteiger partial charge in [-0.05, 0) is 18.2 Å². The summed E-state index contributed by atoms with van der Waals surface area (Å²) in [5, 5.41) is 17.7. The maximum atomic E-state index is 14.0. The molecule has 0 aliphatic carbocycles. The van der Waals surface area contributed by atoms with Crippen molar-refractivity contribution in [3.63, 3.8) is 0 Å². The Morgan fingerprint density at radius 1 is 1.07 bits per heavy atom. The summed E-state index contributed by atoms with van der Waals surface area (Å²) in [4.78, 5) is 4.81. The van der Waals surface area contributed by atoms with E-state index in [1.807, 2.05) is 30.3 Å². The van der Waals surface area contributed by atoms with Crippen LogP contribution in [0.3, 0.4) is 0 Å². The molecule has 0 bridgehead atoms. The molecule has 4 heterocycles. The minimum absolute atomic E-state index is 0.0191. The van der Waals surface area contributed by atoms with Crippen LogP contribution in [0.25, 0.3) is 11.3 Å². The van der Waals surface area contributed by atoms with Gasteiger partial charge in [0.1, 0.15) is 41.6 Å². The van der Waals surface area contributed by atoms with E-state index in [2.05, 4.69) is 21.4 Å². The van der Waals surface area contributed by atoms with Gasteiger partial charge in [0.05, 0.1) is 18.4 Å². The van der Waals surface area contributed by atoms with Crippen LogP contribution in [-0.2, 0) is 18.9 Å². The Bertz CT molecular complexity index is 1560. The molecule has 9 nitrogen and oxygen atoms in total. The molecule has 41 heavy (non-hydrogen) atoms. The summed E-state index contributed by atoms with van der Waals surface area (Å²) in [7, 11) is 1.52. The van der Waals surface area contributed by atoms with E-state index in [0.717, 1.165) is 17.7 Å². The van der Waals surface area contributed by atoms with Gasteiger partial charge >= 0.3 is 0 Å². The van der Waals surface area contributed by atoms with Gasteiger partial charge in [-0.15, -0.1) is 5.10 Å². The van der Waals surface area contributed by atoms with Crippen molar-refractivity contribution in [3.8, 4) is 17.3 Å².